The summed E-state index contributed by atoms with van der Waals surface area (Å²) in [5, 5.41) is 10.3. The van der Waals surface area contributed by atoms with Crippen LogP contribution in [0.2, 0.25) is 0 Å². The van der Waals surface area contributed by atoms with Crippen molar-refractivity contribution in [2.45, 2.75) is 26.7 Å². The second kappa shape index (κ2) is 6.92. The molecule has 0 N–H and O–H groups in total. The Balaban J connectivity index is 4.36. The van der Waals surface area contributed by atoms with Gasteiger partial charge in [-0.2, -0.15) is 0 Å². The van der Waals surface area contributed by atoms with Crippen molar-refractivity contribution in [3.8, 4) is 0 Å². The van der Waals surface area contributed by atoms with Crippen LogP contribution in [0, 0.1) is 16.0 Å². The van der Waals surface area contributed by atoms with E-state index in [1.165, 1.54) is 0 Å². The van der Waals surface area contributed by atoms with E-state index in [4.69, 9.17) is 0 Å². The minimum atomic E-state index is -0.951. The highest BCUT2D eigenvalue weighted by Crippen LogP contribution is 2.08. The maximum atomic E-state index is 11.3. The number of nitro groups is 1. The predicted octanol–water partition coefficient (Wildman–Crippen LogP) is 0.812. The normalized spacial score (nSPS) is 11.9. The Bertz CT molecular complexity index is 251. The molecule has 0 spiro atoms. The summed E-state index contributed by atoms with van der Waals surface area (Å²) >= 11 is 0. The molecule has 0 fully saturated rings. The van der Waals surface area contributed by atoms with Crippen LogP contribution in [0.15, 0.2) is 0 Å². The molecule has 0 radical (unpaired) electrons. The zero-order valence-corrected chi connectivity index (χ0v) is 8.89. The van der Waals surface area contributed by atoms with Crippen LogP contribution in [0.1, 0.15) is 26.7 Å². The minimum Gasteiger partial charge on any atom is -0.466 e. The largest absolute Gasteiger partial charge is 0.466 e. The van der Waals surface area contributed by atoms with Crippen LogP contribution in [0.3, 0.4) is 0 Å². The Morgan fingerprint density at radius 1 is 1.40 bits per heavy atom. The third-order valence-corrected chi connectivity index (χ3v) is 1.86. The molecule has 6 heteroatoms. The molecule has 0 saturated carbocycles. The van der Waals surface area contributed by atoms with E-state index >= 15 is 0 Å². The smallest absolute Gasteiger partial charge is 0.316 e. The molecule has 0 bridgehead atoms. The molecule has 6 nitrogen and oxygen atoms in total. The van der Waals surface area contributed by atoms with Crippen molar-refractivity contribution < 1.29 is 19.2 Å². The Hall–Kier alpha value is -1.46. The molecule has 0 aliphatic rings. The lowest BCUT2D eigenvalue weighted by Crippen LogP contribution is -2.27. The summed E-state index contributed by atoms with van der Waals surface area (Å²) in [6, 6.07) is 0. The molecule has 0 saturated heterocycles. The van der Waals surface area contributed by atoms with Gasteiger partial charge >= 0.3 is 5.97 Å². The molecule has 0 aliphatic heterocycles. The number of rotatable bonds is 7. The van der Waals surface area contributed by atoms with Gasteiger partial charge in [0.05, 0.1) is 6.61 Å². The summed E-state index contributed by atoms with van der Waals surface area (Å²) in [4.78, 5) is 32.0. The molecule has 0 aromatic carbocycles. The fraction of sp³-hybridized carbons (Fsp3) is 0.778. The van der Waals surface area contributed by atoms with E-state index in [1.807, 2.05) is 0 Å². The highest BCUT2D eigenvalue weighted by Gasteiger charge is 2.27. The first kappa shape index (κ1) is 13.5. The average molecular weight is 217 g/mol. The molecule has 86 valence electrons. The molecule has 1 unspecified atom stereocenters. The van der Waals surface area contributed by atoms with Crippen molar-refractivity contribution in [1.82, 2.24) is 0 Å². The number of carbonyl (C=O) groups is 2. The van der Waals surface area contributed by atoms with Gasteiger partial charge in [0.1, 0.15) is 11.7 Å². The quantitative estimate of drug-likeness (QED) is 0.358. The number of ether oxygens (including phenoxy) is 1. The van der Waals surface area contributed by atoms with Crippen LogP contribution < -0.4 is 0 Å². The maximum Gasteiger partial charge on any atom is 0.316 e. The number of hydrogen-bond donors (Lipinski definition) is 0. The lowest BCUT2D eigenvalue weighted by atomic mass is 10.0. The van der Waals surface area contributed by atoms with Crippen LogP contribution in [0.25, 0.3) is 0 Å². The zero-order valence-electron chi connectivity index (χ0n) is 8.89. The first-order valence-corrected chi connectivity index (χ1v) is 4.81. The summed E-state index contributed by atoms with van der Waals surface area (Å²) in [5.74, 6) is -1.79. The Kier molecular flexibility index (Phi) is 6.24. The van der Waals surface area contributed by atoms with Crippen molar-refractivity contribution in [1.29, 1.82) is 0 Å². The van der Waals surface area contributed by atoms with E-state index in [9.17, 15) is 19.7 Å². The van der Waals surface area contributed by atoms with Crippen molar-refractivity contribution in [3.63, 3.8) is 0 Å². The third-order valence-electron chi connectivity index (χ3n) is 1.86. The van der Waals surface area contributed by atoms with Gasteiger partial charge in [-0.15, -0.1) is 0 Å². The fourth-order valence-corrected chi connectivity index (χ4v) is 1.08. The Morgan fingerprint density at radius 2 is 2.00 bits per heavy atom. The predicted molar refractivity (Wildman–Crippen MR) is 51.9 cm³/mol. The van der Waals surface area contributed by atoms with Gasteiger partial charge in [-0.1, -0.05) is 6.92 Å². The first-order chi connectivity index (χ1) is 7.01. The first-order valence-electron chi connectivity index (χ1n) is 4.81. The van der Waals surface area contributed by atoms with E-state index in [1.54, 1.807) is 13.8 Å². The molecule has 1 atom stereocenters. The van der Waals surface area contributed by atoms with E-state index in [-0.39, 0.29) is 25.2 Å². The molecule has 0 rings (SSSR count). The van der Waals surface area contributed by atoms with Gasteiger partial charge in [0.15, 0.2) is 0 Å². The average Bonchev–Trinajstić information content (AvgIpc) is 2.16. The summed E-state index contributed by atoms with van der Waals surface area (Å²) in [6.07, 6.45) is 0.157. The van der Waals surface area contributed by atoms with E-state index in [0.29, 0.717) is 0 Å². The monoisotopic (exact) mass is 217 g/mol. The second-order valence-electron chi connectivity index (χ2n) is 3.06. The minimum absolute atomic E-state index is 0.115. The number of carbonyl (C=O) groups excluding carboxylic acids is 2. The lowest BCUT2D eigenvalue weighted by molar-refractivity contribution is -0.486. The maximum absolute atomic E-state index is 11.3. The molecule has 0 heterocycles. The van der Waals surface area contributed by atoms with Gasteiger partial charge in [-0.3, -0.25) is 19.7 Å². The SMILES string of the molecule is CCOC(=O)C(CC(=O)CC)C[N+](=O)[O-]. The highest BCUT2D eigenvalue weighted by atomic mass is 16.6. The molecule has 15 heavy (non-hydrogen) atoms. The lowest BCUT2D eigenvalue weighted by Gasteiger charge is -2.10. The van der Waals surface area contributed by atoms with Crippen LogP contribution in [-0.4, -0.2) is 29.8 Å². The van der Waals surface area contributed by atoms with Crippen molar-refractivity contribution >= 4 is 11.8 Å². The van der Waals surface area contributed by atoms with Gasteiger partial charge < -0.3 is 4.74 Å². The molecular formula is C9H15NO5. The van der Waals surface area contributed by atoms with Crippen LogP contribution in [0.4, 0.5) is 0 Å². The summed E-state index contributed by atoms with van der Waals surface area (Å²) in [7, 11) is 0. The molecule has 0 aliphatic carbocycles. The summed E-state index contributed by atoms with van der Waals surface area (Å²) < 4.78 is 4.65. The van der Waals surface area contributed by atoms with Crippen LogP contribution in [0.5, 0.6) is 0 Å². The van der Waals surface area contributed by atoms with Gasteiger partial charge in [0.2, 0.25) is 6.54 Å². The number of esters is 1. The topological polar surface area (TPSA) is 86.5 Å². The number of ketones is 1. The van der Waals surface area contributed by atoms with Crippen molar-refractivity contribution in [2.75, 3.05) is 13.2 Å². The number of nitrogens with zero attached hydrogens (tertiary/aromatic N) is 1. The van der Waals surface area contributed by atoms with Crippen molar-refractivity contribution in [2.24, 2.45) is 5.92 Å². The Morgan fingerprint density at radius 3 is 2.40 bits per heavy atom. The van der Waals surface area contributed by atoms with Gasteiger partial charge in [0, 0.05) is 17.8 Å². The Labute approximate surface area is 87.7 Å². The number of hydrogen-bond acceptors (Lipinski definition) is 5. The third kappa shape index (κ3) is 5.77. The van der Waals surface area contributed by atoms with Crippen molar-refractivity contribution in [3.05, 3.63) is 10.1 Å². The zero-order chi connectivity index (χ0) is 11.8. The second-order valence-corrected chi connectivity index (χ2v) is 3.06. The molecular weight excluding hydrogens is 202 g/mol. The molecule has 0 aromatic heterocycles. The van der Waals surface area contributed by atoms with Crippen LogP contribution >= 0.6 is 0 Å². The van der Waals surface area contributed by atoms with Gasteiger partial charge in [0.25, 0.3) is 0 Å². The molecule has 0 aromatic rings. The van der Waals surface area contributed by atoms with Crippen LogP contribution in [-0.2, 0) is 14.3 Å². The summed E-state index contributed by atoms with van der Waals surface area (Å²) in [6.45, 7) is 2.87. The van der Waals surface area contributed by atoms with E-state index < -0.39 is 23.4 Å². The van der Waals surface area contributed by atoms with Gasteiger partial charge in [-0.25, -0.2) is 0 Å². The fourth-order valence-electron chi connectivity index (χ4n) is 1.08. The van der Waals surface area contributed by atoms with Gasteiger partial charge in [-0.05, 0) is 6.92 Å². The molecule has 0 amide bonds. The standard InChI is InChI=1S/C9H15NO5/c1-3-8(11)5-7(6-10(13)14)9(12)15-4-2/h7H,3-6H2,1-2H3. The van der Waals surface area contributed by atoms with E-state index in [0.717, 1.165) is 0 Å². The highest BCUT2D eigenvalue weighted by molar-refractivity contribution is 5.84. The van der Waals surface area contributed by atoms with E-state index in [2.05, 4.69) is 4.74 Å². The number of Topliss-reactive ketones (excluding diaryl/α,β-unsaturated/α-hetero) is 1. The summed E-state index contributed by atoms with van der Waals surface area (Å²) in [5.41, 5.74) is 0.